The van der Waals surface area contributed by atoms with E-state index in [4.69, 9.17) is 4.52 Å². The lowest BCUT2D eigenvalue weighted by molar-refractivity contribution is 0.190. The van der Waals surface area contributed by atoms with Crippen molar-refractivity contribution >= 4 is 11.3 Å². The highest BCUT2D eigenvalue weighted by atomic mass is 32.1. The number of halogens is 1. The Morgan fingerprint density at radius 2 is 2.25 bits per heavy atom. The SMILES string of the molecule is CN1CCNCC1c1noc(-c2cnc(-c3ccccc3F)s2)n1. The van der Waals surface area contributed by atoms with Gasteiger partial charge in [0.15, 0.2) is 5.82 Å². The second kappa shape index (κ2) is 6.39. The number of likely N-dealkylation sites (N-methyl/N-ethyl adjacent to an activating group) is 1. The van der Waals surface area contributed by atoms with Crippen molar-refractivity contribution in [2.75, 3.05) is 26.7 Å². The molecule has 1 fully saturated rings. The number of hydrogen-bond acceptors (Lipinski definition) is 7. The molecule has 4 rings (SSSR count). The van der Waals surface area contributed by atoms with Crippen LogP contribution in [0.2, 0.25) is 0 Å². The lowest BCUT2D eigenvalue weighted by Crippen LogP contribution is -2.44. The lowest BCUT2D eigenvalue weighted by Gasteiger charge is -2.30. The molecule has 24 heavy (non-hydrogen) atoms. The fraction of sp³-hybridized carbons (Fsp3) is 0.312. The minimum atomic E-state index is -0.292. The molecule has 1 unspecified atom stereocenters. The van der Waals surface area contributed by atoms with Gasteiger partial charge in [-0.25, -0.2) is 9.37 Å². The van der Waals surface area contributed by atoms with Gasteiger partial charge in [0, 0.05) is 25.2 Å². The van der Waals surface area contributed by atoms with E-state index in [1.54, 1.807) is 24.4 Å². The quantitative estimate of drug-likeness (QED) is 0.787. The van der Waals surface area contributed by atoms with Crippen LogP contribution in [0.15, 0.2) is 35.0 Å². The molecule has 1 aromatic carbocycles. The molecule has 1 aliphatic heterocycles. The van der Waals surface area contributed by atoms with Crippen molar-refractivity contribution in [1.82, 2.24) is 25.3 Å². The largest absolute Gasteiger partial charge is 0.333 e. The van der Waals surface area contributed by atoms with Crippen LogP contribution in [0.1, 0.15) is 11.9 Å². The fourth-order valence-electron chi connectivity index (χ4n) is 2.70. The van der Waals surface area contributed by atoms with Crippen LogP contribution in [-0.4, -0.2) is 46.7 Å². The number of benzene rings is 1. The molecule has 124 valence electrons. The Hall–Kier alpha value is -2.16. The first kappa shape index (κ1) is 15.4. The molecule has 1 saturated heterocycles. The maximum atomic E-state index is 13.9. The average molecular weight is 345 g/mol. The van der Waals surface area contributed by atoms with Crippen LogP contribution in [0.3, 0.4) is 0 Å². The van der Waals surface area contributed by atoms with Crippen LogP contribution < -0.4 is 5.32 Å². The topological polar surface area (TPSA) is 67.1 Å². The molecule has 8 heteroatoms. The summed E-state index contributed by atoms with van der Waals surface area (Å²) in [4.78, 5) is 11.7. The average Bonchev–Trinajstić information content (AvgIpc) is 3.25. The van der Waals surface area contributed by atoms with E-state index in [2.05, 4.69) is 25.3 Å². The van der Waals surface area contributed by atoms with Crippen molar-refractivity contribution in [1.29, 1.82) is 0 Å². The van der Waals surface area contributed by atoms with Crippen molar-refractivity contribution < 1.29 is 8.91 Å². The maximum absolute atomic E-state index is 13.9. The summed E-state index contributed by atoms with van der Waals surface area (Å²) in [5.41, 5.74) is 0.477. The predicted molar refractivity (Wildman–Crippen MR) is 89.0 cm³/mol. The van der Waals surface area contributed by atoms with Crippen LogP contribution in [0, 0.1) is 5.82 Å². The first-order chi connectivity index (χ1) is 11.7. The van der Waals surface area contributed by atoms with Crippen molar-refractivity contribution in [3.05, 3.63) is 42.1 Å². The molecule has 0 aliphatic carbocycles. The standard InChI is InChI=1S/C16H16FN5OS/c1-22-7-6-18-8-12(22)14-20-15(23-21-14)13-9-19-16(24-13)10-4-2-3-5-11(10)17/h2-5,9,12,18H,6-8H2,1H3. The van der Waals surface area contributed by atoms with Gasteiger partial charge >= 0.3 is 0 Å². The number of hydrogen-bond donors (Lipinski definition) is 1. The summed E-state index contributed by atoms with van der Waals surface area (Å²) in [5, 5.41) is 8.03. The first-order valence-corrected chi connectivity index (χ1v) is 8.49. The molecule has 0 radical (unpaired) electrons. The highest BCUT2D eigenvalue weighted by Crippen LogP contribution is 2.33. The molecule has 3 aromatic rings. The third-order valence-corrected chi connectivity index (χ3v) is 5.09. The second-order valence-corrected chi connectivity index (χ2v) is 6.70. The van der Waals surface area contributed by atoms with Gasteiger partial charge in [-0.15, -0.1) is 11.3 Å². The van der Waals surface area contributed by atoms with Crippen molar-refractivity contribution in [2.24, 2.45) is 0 Å². The highest BCUT2D eigenvalue weighted by Gasteiger charge is 2.26. The number of thiazole rings is 1. The van der Waals surface area contributed by atoms with Gasteiger partial charge < -0.3 is 9.84 Å². The van der Waals surface area contributed by atoms with Gasteiger partial charge in [0.25, 0.3) is 5.89 Å². The van der Waals surface area contributed by atoms with Crippen molar-refractivity contribution in [3.63, 3.8) is 0 Å². The minimum Gasteiger partial charge on any atom is -0.333 e. The van der Waals surface area contributed by atoms with Crippen LogP contribution >= 0.6 is 11.3 Å². The molecule has 0 spiro atoms. The monoisotopic (exact) mass is 345 g/mol. The lowest BCUT2D eigenvalue weighted by atomic mass is 10.2. The number of nitrogens with zero attached hydrogens (tertiary/aromatic N) is 4. The Balaban J connectivity index is 1.60. The highest BCUT2D eigenvalue weighted by molar-refractivity contribution is 7.18. The number of aromatic nitrogens is 3. The van der Waals surface area contributed by atoms with Crippen LogP contribution in [0.25, 0.3) is 21.3 Å². The third kappa shape index (κ3) is 2.83. The van der Waals surface area contributed by atoms with Gasteiger partial charge in [0.05, 0.1) is 12.2 Å². The Labute approximate surface area is 142 Å². The summed E-state index contributed by atoms with van der Waals surface area (Å²) in [6.45, 7) is 2.68. The third-order valence-electron chi connectivity index (χ3n) is 4.07. The van der Waals surface area contributed by atoms with Crippen molar-refractivity contribution in [2.45, 2.75) is 6.04 Å². The summed E-state index contributed by atoms with van der Waals surface area (Å²) in [7, 11) is 2.05. The predicted octanol–water partition coefficient (Wildman–Crippen LogP) is 2.58. The Morgan fingerprint density at radius 1 is 1.38 bits per heavy atom. The van der Waals surface area contributed by atoms with Crippen LogP contribution in [-0.2, 0) is 0 Å². The molecule has 0 bridgehead atoms. The van der Waals surface area contributed by atoms with Gasteiger partial charge in [-0.1, -0.05) is 17.3 Å². The molecular formula is C16H16FN5OS. The van der Waals surface area contributed by atoms with E-state index >= 15 is 0 Å². The smallest absolute Gasteiger partial charge is 0.269 e. The van der Waals surface area contributed by atoms with Gasteiger partial charge in [0.1, 0.15) is 15.7 Å². The molecule has 2 aromatic heterocycles. The van der Waals surface area contributed by atoms with Crippen LogP contribution in [0.4, 0.5) is 4.39 Å². The zero-order chi connectivity index (χ0) is 16.5. The van der Waals surface area contributed by atoms with Gasteiger partial charge in [-0.2, -0.15) is 4.98 Å². The molecular weight excluding hydrogens is 329 g/mol. The molecule has 6 nitrogen and oxygen atoms in total. The number of rotatable bonds is 3. The summed E-state index contributed by atoms with van der Waals surface area (Å²) in [6.07, 6.45) is 1.65. The summed E-state index contributed by atoms with van der Waals surface area (Å²) < 4.78 is 19.3. The summed E-state index contributed by atoms with van der Waals surface area (Å²) in [6, 6.07) is 6.67. The van der Waals surface area contributed by atoms with E-state index in [1.165, 1.54) is 17.4 Å². The first-order valence-electron chi connectivity index (χ1n) is 7.68. The summed E-state index contributed by atoms with van der Waals surface area (Å²) in [5.74, 6) is 0.782. The second-order valence-electron chi connectivity index (χ2n) is 5.67. The fourth-order valence-corrected chi connectivity index (χ4v) is 3.56. The summed E-state index contributed by atoms with van der Waals surface area (Å²) >= 11 is 1.34. The number of nitrogens with one attached hydrogen (secondary N) is 1. The molecule has 1 N–H and O–H groups in total. The zero-order valence-corrected chi connectivity index (χ0v) is 13.9. The molecule has 0 amide bonds. The Kier molecular flexibility index (Phi) is 4.09. The van der Waals surface area contributed by atoms with E-state index < -0.39 is 0 Å². The van der Waals surface area contributed by atoms with Crippen molar-refractivity contribution in [3.8, 4) is 21.3 Å². The van der Waals surface area contributed by atoms with Gasteiger partial charge in [-0.3, -0.25) is 4.90 Å². The molecule has 3 heterocycles. The molecule has 1 aliphatic rings. The van der Waals surface area contributed by atoms with Gasteiger partial charge in [0.2, 0.25) is 0 Å². The molecule has 0 saturated carbocycles. The minimum absolute atomic E-state index is 0.0928. The Bertz CT molecular complexity index is 848. The van der Waals surface area contributed by atoms with Crippen LogP contribution in [0.5, 0.6) is 0 Å². The van der Waals surface area contributed by atoms with E-state index in [9.17, 15) is 4.39 Å². The van der Waals surface area contributed by atoms with E-state index in [1.807, 2.05) is 7.05 Å². The Morgan fingerprint density at radius 3 is 3.08 bits per heavy atom. The maximum Gasteiger partial charge on any atom is 0.269 e. The zero-order valence-electron chi connectivity index (χ0n) is 13.1. The van der Waals surface area contributed by atoms with E-state index in [0.717, 1.165) is 24.5 Å². The van der Waals surface area contributed by atoms with Gasteiger partial charge in [-0.05, 0) is 19.2 Å². The van der Waals surface area contributed by atoms with E-state index in [0.29, 0.717) is 22.3 Å². The molecule has 1 atom stereocenters. The van der Waals surface area contributed by atoms with E-state index in [-0.39, 0.29) is 11.9 Å². The number of piperazine rings is 1. The normalized spacial score (nSPS) is 18.8.